The number of hydrogen-bond donors (Lipinski definition) is 2. The van der Waals surface area contributed by atoms with Gasteiger partial charge in [-0.15, -0.1) is 0 Å². The summed E-state index contributed by atoms with van der Waals surface area (Å²) in [5.41, 5.74) is 2.25. The van der Waals surface area contributed by atoms with Crippen molar-refractivity contribution >= 4 is 44.8 Å². The predicted octanol–water partition coefficient (Wildman–Crippen LogP) is 4.52. The summed E-state index contributed by atoms with van der Waals surface area (Å²) in [6, 6.07) is 12.8. The molecular weight excluding hydrogens is 434 g/mol. The zero-order valence-electron chi connectivity index (χ0n) is 16.9. The SMILES string of the molecule is CC(C)(C)C(=O)Nc1cccc(C(=O)Nc2cc(Br)ccc2N2CCOCC2)c1. The molecule has 1 heterocycles. The van der Waals surface area contributed by atoms with Crippen LogP contribution in [0, 0.1) is 5.41 Å². The van der Waals surface area contributed by atoms with E-state index in [1.807, 2.05) is 39.0 Å². The van der Waals surface area contributed by atoms with Crippen molar-refractivity contribution in [1.29, 1.82) is 0 Å². The molecule has 2 aromatic rings. The molecule has 0 saturated carbocycles. The number of rotatable bonds is 4. The number of hydrogen-bond acceptors (Lipinski definition) is 4. The van der Waals surface area contributed by atoms with Crippen LogP contribution in [-0.4, -0.2) is 38.1 Å². The Labute approximate surface area is 179 Å². The van der Waals surface area contributed by atoms with E-state index in [-0.39, 0.29) is 11.8 Å². The first-order valence-corrected chi connectivity index (χ1v) is 10.4. The number of carbonyl (C=O) groups excluding carboxylic acids is 2. The fourth-order valence-corrected chi connectivity index (χ4v) is 3.30. The van der Waals surface area contributed by atoms with E-state index in [1.54, 1.807) is 24.3 Å². The average molecular weight is 460 g/mol. The Morgan fingerprint density at radius 3 is 2.45 bits per heavy atom. The minimum atomic E-state index is -0.512. The summed E-state index contributed by atoms with van der Waals surface area (Å²) >= 11 is 3.48. The second-order valence-electron chi connectivity index (χ2n) is 8.00. The standard InChI is InChI=1S/C22H26BrN3O3/c1-22(2,3)21(28)24-17-6-4-5-15(13-17)20(27)25-18-14-16(23)7-8-19(18)26-9-11-29-12-10-26/h4-8,13-14H,9-12H2,1-3H3,(H,24,28)(H,25,27). The van der Waals surface area contributed by atoms with Gasteiger partial charge in [-0.25, -0.2) is 0 Å². The van der Waals surface area contributed by atoms with Crippen molar-refractivity contribution in [2.24, 2.45) is 5.41 Å². The summed E-state index contributed by atoms with van der Waals surface area (Å²) in [6.45, 7) is 8.42. The molecule has 29 heavy (non-hydrogen) atoms. The van der Waals surface area contributed by atoms with Crippen LogP contribution in [0.1, 0.15) is 31.1 Å². The molecule has 154 valence electrons. The molecule has 2 N–H and O–H groups in total. The summed E-state index contributed by atoms with van der Waals surface area (Å²) in [4.78, 5) is 27.3. The van der Waals surface area contributed by atoms with E-state index in [2.05, 4.69) is 31.5 Å². The lowest BCUT2D eigenvalue weighted by molar-refractivity contribution is -0.123. The van der Waals surface area contributed by atoms with Crippen molar-refractivity contribution < 1.29 is 14.3 Å². The molecule has 3 rings (SSSR count). The zero-order valence-corrected chi connectivity index (χ0v) is 18.5. The maximum atomic E-state index is 12.9. The van der Waals surface area contributed by atoms with E-state index in [9.17, 15) is 9.59 Å². The van der Waals surface area contributed by atoms with Gasteiger partial charge in [0, 0.05) is 34.2 Å². The molecular formula is C22H26BrN3O3. The van der Waals surface area contributed by atoms with Crippen molar-refractivity contribution in [2.45, 2.75) is 20.8 Å². The van der Waals surface area contributed by atoms with Gasteiger partial charge in [0.15, 0.2) is 0 Å². The third kappa shape index (κ3) is 5.58. The number of benzene rings is 2. The van der Waals surface area contributed by atoms with Crippen LogP contribution in [0.25, 0.3) is 0 Å². The van der Waals surface area contributed by atoms with Gasteiger partial charge in [0.05, 0.1) is 24.6 Å². The monoisotopic (exact) mass is 459 g/mol. The molecule has 0 bridgehead atoms. The fourth-order valence-electron chi connectivity index (χ4n) is 2.94. The molecule has 0 aliphatic carbocycles. The van der Waals surface area contributed by atoms with Gasteiger partial charge in [-0.05, 0) is 36.4 Å². The number of nitrogens with one attached hydrogen (secondary N) is 2. The summed E-state index contributed by atoms with van der Waals surface area (Å²) in [5.74, 6) is -0.332. The molecule has 1 aliphatic rings. The lowest BCUT2D eigenvalue weighted by Gasteiger charge is -2.30. The van der Waals surface area contributed by atoms with Gasteiger partial charge < -0.3 is 20.3 Å². The third-order valence-corrected chi connectivity index (χ3v) is 5.12. The molecule has 1 fully saturated rings. The topological polar surface area (TPSA) is 70.7 Å². The molecule has 0 unspecified atom stereocenters. The highest BCUT2D eigenvalue weighted by Crippen LogP contribution is 2.30. The second kappa shape index (κ2) is 8.97. The Hall–Kier alpha value is -2.38. The molecule has 6 nitrogen and oxygen atoms in total. The van der Waals surface area contributed by atoms with Crippen molar-refractivity contribution in [3.8, 4) is 0 Å². The van der Waals surface area contributed by atoms with Gasteiger partial charge in [-0.1, -0.05) is 42.8 Å². The van der Waals surface area contributed by atoms with Crippen LogP contribution in [-0.2, 0) is 9.53 Å². The lowest BCUT2D eigenvalue weighted by Crippen LogP contribution is -2.36. The Morgan fingerprint density at radius 2 is 1.76 bits per heavy atom. The Kier molecular flexibility index (Phi) is 6.59. The first kappa shape index (κ1) is 21.3. The van der Waals surface area contributed by atoms with Gasteiger partial charge in [-0.3, -0.25) is 9.59 Å². The van der Waals surface area contributed by atoms with Crippen LogP contribution >= 0.6 is 15.9 Å². The number of morpholine rings is 1. The molecule has 1 saturated heterocycles. The van der Waals surface area contributed by atoms with Crippen molar-refractivity contribution in [2.75, 3.05) is 41.8 Å². The number of anilines is 3. The number of ether oxygens (including phenoxy) is 1. The Bertz CT molecular complexity index is 902. The first-order valence-electron chi connectivity index (χ1n) is 9.59. The largest absolute Gasteiger partial charge is 0.378 e. The highest BCUT2D eigenvalue weighted by atomic mass is 79.9. The van der Waals surface area contributed by atoms with Crippen LogP contribution in [0.3, 0.4) is 0 Å². The van der Waals surface area contributed by atoms with E-state index >= 15 is 0 Å². The molecule has 7 heteroatoms. The molecule has 2 aromatic carbocycles. The smallest absolute Gasteiger partial charge is 0.255 e. The minimum absolute atomic E-state index is 0.100. The molecule has 2 amide bonds. The van der Waals surface area contributed by atoms with Gasteiger partial charge in [0.2, 0.25) is 5.91 Å². The number of nitrogens with zero attached hydrogens (tertiary/aromatic N) is 1. The van der Waals surface area contributed by atoms with Crippen molar-refractivity contribution in [3.05, 3.63) is 52.5 Å². The lowest BCUT2D eigenvalue weighted by atomic mass is 9.95. The predicted molar refractivity (Wildman–Crippen MR) is 120 cm³/mol. The Morgan fingerprint density at radius 1 is 1.03 bits per heavy atom. The Balaban J connectivity index is 1.79. The van der Waals surface area contributed by atoms with Gasteiger partial charge in [0.25, 0.3) is 5.91 Å². The van der Waals surface area contributed by atoms with E-state index in [4.69, 9.17) is 4.74 Å². The van der Waals surface area contributed by atoms with Gasteiger partial charge in [-0.2, -0.15) is 0 Å². The summed E-state index contributed by atoms with van der Waals surface area (Å²) in [7, 11) is 0. The zero-order chi connectivity index (χ0) is 21.0. The minimum Gasteiger partial charge on any atom is -0.378 e. The van der Waals surface area contributed by atoms with E-state index in [0.717, 1.165) is 28.9 Å². The number of amides is 2. The normalized spacial score (nSPS) is 14.4. The van der Waals surface area contributed by atoms with Crippen LogP contribution in [0.2, 0.25) is 0 Å². The molecule has 0 spiro atoms. The summed E-state index contributed by atoms with van der Waals surface area (Å²) in [6.07, 6.45) is 0. The maximum Gasteiger partial charge on any atom is 0.255 e. The average Bonchev–Trinajstić information content (AvgIpc) is 2.68. The maximum absolute atomic E-state index is 12.9. The van der Waals surface area contributed by atoms with Crippen LogP contribution < -0.4 is 15.5 Å². The molecule has 1 aliphatic heterocycles. The van der Waals surface area contributed by atoms with E-state index < -0.39 is 5.41 Å². The van der Waals surface area contributed by atoms with Crippen LogP contribution in [0.15, 0.2) is 46.9 Å². The highest BCUT2D eigenvalue weighted by Gasteiger charge is 2.22. The van der Waals surface area contributed by atoms with Gasteiger partial charge >= 0.3 is 0 Å². The van der Waals surface area contributed by atoms with Crippen molar-refractivity contribution in [3.63, 3.8) is 0 Å². The highest BCUT2D eigenvalue weighted by molar-refractivity contribution is 9.10. The first-order chi connectivity index (χ1) is 13.7. The van der Waals surface area contributed by atoms with Gasteiger partial charge in [0.1, 0.15) is 0 Å². The molecule has 0 radical (unpaired) electrons. The van der Waals surface area contributed by atoms with E-state index in [0.29, 0.717) is 24.5 Å². The van der Waals surface area contributed by atoms with Crippen LogP contribution in [0.5, 0.6) is 0 Å². The van der Waals surface area contributed by atoms with Crippen LogP contribution in [0.4, 0.5) is 17.1 Å². The van der Waals surface area contributed by atoms with E-state index in [1.165, 1.54) is 0 Å². The number of carbonyl (C=O) groups is 2. The quantitative estimate of drug-likeness (QED) is 0.704. The second-order valence-corrected chi connectivity index (χ2v) is 8.92. The third-order valence-electron chi connectivity index (χ3n) is 4.62. The fraction of sp³-hybridized carbons (Fsp3) is 0.364. The molecule has 0 aromatic heterocycles. The van der Waals surface area contributed by atoms with Crippen molar-refractivity contribution in [1.82, 2.24) is 0 Å². The summed E-state index contributed by atoms with van der Waals surface area (Å²) < 4.78 is 6.32. The molecule has 0 atom stereocenters. The number of halogens is 1. The summed E-state index contributed by atoms with van der Waals surface area (Å²) in [5, 5.41) is 5.88.